The van der Waals surface area contributed by atoms with E-state index in [1.165, 1.54) is 0 Å². The number of carboxylic acid groups (broad SMARTS) is 1. The van der Waals surface area contributed by atoms with E-state index in [9.17, 15) is 38.7 Å². The molecule has 9 N–H and O–H groups in total. The predicted octanol–water partition coefficient (Wildman–Crippen LogP) is 2.17. The number of primary amides is 2. The van der Waals surface area contributed by atoms with E-state index < -0.39 is 65.5 Å². The number of fused-ring (bicyclic) bond motifs is 3. The van der Waals surface area contributed by atoms with Crippen molar-refractivity contribution in [2.24, 2.45) is 11.5 Å². The molecule has 1 aliphatic rings. The lowest BCUT2D eigenvalue weighted by Crippen LogP contribution is -2.56. The highest BCUT2D eigenvalue weighted by Gasteiger charge is 2.32. The number of carbonyl (C=O) groups excluding carboxylic acids is 6. The number of nitrogens with one attached hydrogen (secondary N) is 4. The lowest BCUT2D eigenvalue weighted by molar-refractivity contribution is -0.142. The topological polar surface area (TPSA) is 258 Å². The lowest BCUT2D eigenvalue weighted by atomic mass is 9.98. The number of carbonyl (C=O) groups is 7. The quantitative estimate of drug-likeness (QED) is 0.104. The fourth-order valence-corrected chi connectivity index (χ4v) is 5.67. The van der Waals surface area contributed by atoms with Crippen LogP contribution in [0.15, 0.2) is 48.5 Å². The summed E-state index contributed by atoms with van der Waals surface area (Å²) in [5.41, 5.74) is 13.8. The summed E-state index contributed by atoms with van der Waals surface area (Å²) >= 11 is 0. The molecule has 6 amide bonds. The summed E-state index contributed by atoms with van der Waals surface area (Å²) < 4.78 is 10.9. The molecule has 3 rings (SSSR count). The largest absolute Gasteiger partial charge is 0.480 e. The molecule has 16 heteroatoms. The van der Waals surface area contributed by atoms with Crippen LogP contribution in [0.3, 0.4) is 0 Å². The van der Waals surface area contributed by atoms with Gasteiger partial charge in [0.05, 0.1) is 0 Å². The van der Waals surface area contributed by atoms with Crippen LogP contribution in [-0.4, -0.2) is 83.8 Å². The summed E-state index contributed by atoms with van der Waals surface area (Å²) in [5, 5.41) is 19.5. The minimum atomic E-state index is -1.51. The molecule has 0 saturated heterocycles. The number of hydrogen-bond donors (Lipinski definition) is 7. The summed E-state index contributed by atoms with van der Waals surface area (Å²) in [6.45, 7) is 5.36. The average Bonchev–Trinajstić information content (AvgIpc) is 3.38. The van der Waals surface area contributed by atoms with E-state index in [1.54, 1.807) is 20.8 Å². The van der Waals surface area contributed by atoms with Gasteiger partial charge in [-0.25, -0.2) is 14.4 Å². The number of alkyl carbamates (subject to hydrolysis) is 2. The molecule has 0 spiro atoms. The zero-order valence-corrected chi connectivity index (χ0v) is 29.6. The van der Waals surface area contributed by atoms with Gasteiger partial charge in [0.15, 0.2) is 0 Å². The fourth-order valence-electron chi connectivity index (χ4n) is 5.67. The Labute approximate surface area is 301 Å². The van der Waals surface area contributed by atoms with Gasteiger partial charge < -0.3 is 47.3 Å². The molecule has 0 unspecified atom stereocenters. The third kappa shape index (κ3) is 12.9. The van der Waals surface area contributed by atoms with E-state index in [1.807, 2.05) is 48.5 Å². The van der Waals surface area contributed by atoms with Crippen molar-refractivity contribution >= 4 is 41.8 Å². The van der Waals surface area contributed by atoms with Gasteiger partial charge >= 0.3 is 18.2 Å². The van der Waals surface area contributed by atoms with Crippen LogP contribution in [0.5, 0.6) is 0 Å². The number of hydrogen-bond acceptors (Lipinski definition) is 9. The number of carboxylic acids is 1. The predicted molar refractivity (Wildman–Crippen MR) is 188 cm³/mol. The zero-order chi connectivity index (χ0) is 38.4. The number of nitrogens with two attached hydrogens (primary N) is 2. The third-order valence-corrected chi connectivity index (χ3v) is 8.15. The van der Waals surface area contributed by atoms with Gasteiger partial charge in [0.25, 0.3) is 0 Å². The van der Waals surface area contributed by atoms with E-state index in [0.29, 0.717) is 12.8 Å². The van der Waals surface area contributed by atoms with Crippen molar-refractivity contribution in [3.8, 4) is 11.1 Å². The molecule has 0 radical (unpaired) electrons. The van der Waals surface area contributed by atoms with Crippen molar-refractivity contribution in [1.82, 2.24) is 21.3 Å². The van der Waals surface area contributed by atoms with E-state index in [-0.39, 0.29) is 51.2 Å². The van der Waals surface area contributed by atoms with Gasteiger partial charge in [0.1, 0.15) is 30.3 Å². The monoisotopic (exact) mass is 724 g/mol. The van der Waals surface area contributed by atoms with Gasteiger partial charge in [-0.3, -0.25) is 19.2 Å². The summed E-state index contributed by atoms with van der Waals surface area (Å²) in [7, 11) is 0. The van der Waals surface area contributed by atoms with Crippen LogP contribution in [0.25, 0.3) is 11.1 Å². The van der Waals surface area contributed by atoms with Crippen molar-refractivity contribution in [2.45, 2.75) is 95.4 Å². The number of ether oxygens (including phenoxy) is 2. The Balaban J connectivity index is 1.73. The molecule has 1 aliphatic carbocycles. The minimum absolute atomic E-state index is 0.0282. The van der Waals surface area contributed by atoms with E-state index >= 15 is 0 Å². The maximum Gasteiger partial charge on any atom is 0.407 e. The first-order chi connectivity index (χ1) is 24.6. The smallest absolute Gasteiger partial charge is 0.407 e. The summed E-state index contributed by atoms with van der Waals surface area (Å²) in [6.07, 6.45) is -2.01. The normalized spacial score (nSPS) is 13.7. The Morgan fingerprint density at radius 2 is 1.21 bits per heavy atom. The lowest BCUT2D eigenvalue weighted by Gasteiger charge is -2.24. The molecule has 0 aliphatic heterocycles. The van der Waals surface area contributed by atoms with Gasteiger partial charge in [0.2, 0.25) is 23.6 Å². The highest BCUT2D eigenvalue weighted by atomic mass is 16.6. The summed E-state index contributed by atoms with van der Waals surface area (Å²) in [4.78, 5) is 86.6. The molecular formula is C36H48N6O10. The van der Waals surface area contributed by atoms with Crippen LogP contribution in [0.1, 0.15) is 82.8 Å². The molecule has 16 nitrogen and oxygen atoms in total. The second kappa shape index (κ2) is 19.1. The number of benzene rings is 2. The van der Waals surface area contributed by atoms with Crippen molar-refractivity contribution in [3.63, 3.8) is 0 Å². The molecule has 282 valence electrons. The highest BCUT2D eigenvalue weighted by Crippen LogP contribution is 2.44. The molecular weight excluding hydrogens is 676 g/mol. The molecule has 2 aromatic carbocycles. The molecule has 3 atom stereocenters. The summed E-state index contributed by atoms with van der Waals surface area (Å²) in [6, 6.07) is 11.4. The maximum atomic E-state index is 13.6. The number of unbranched alkanes of at least 4 members (excludes halogenated alkanes) is 1. The number of amides is 6. The molecule has 0 heterocycles. The Morgan fingerprint density at radius 1 is 0.712 bits per heavy atom. The number of aliphatic carboxylic acids is 1. The van der Waals surface area contributed by atoms with Crippen LogP contribution in [0.2, 0.25) is 0 Å². The Bertz CT molecular complexity index is 1580. The van der Waals surface area contributed by atoms with E-state index in [4.69, 9.17) is 20.9 Å². The Kier molecular flexibility index (Phi) is 15.0. The second-order valence-electron chi connectivity index (χ2n) is 13.4. The van der Waals surface area contributed by atoms with Crippen LogP contribution in [0, 0.1) is 0 Å². The summed E-state index contributed by atoms with van der Waals surface area (Å²) in [5.74, 6) is -5.01. The van der Waals surface area contributed by atoms with Gasteiger partial charge in [-0.15, -0.1) is 0 Å². The van der Waals surface area contributed by atoms with Crippen LogP contribution in [-0.2, 0) is 33.4 Å². The van der Waals surface area contributed by atoms with Crippen LogP contribution >= 0.6 is 0 Å². The van der Waals surface area contributed by atoms with Crippen molar-refractivity contribution < 1.29 is 48.1 Å². The van der Waals surface area contributed by atoms with Gasteiger partial charge in [-0.05, 0) is 75.1 Å². The Hall–Kier alpha value is -5.67. The first-order valence-corrected chi connectivity index (χ1v) is 17.0. The fraction of sp³-hybridized carbons (Fsp3) is 0.472. The highest BCUT2D eigenvalue weighted by molar-refractivity contribution is 5.93. The van der Waals surface area contributed by atoms with E-state index in [0.717, 1.165) is 22.3 Å². The van der Waals surface area contributed by atoms with Gasteiger partial charge in [-0.2, -0.15) is 0 Å². The number of rotatable bonds is 19. The van der Waals surface area contributed by atoms with Crippen molar-refractivity contribution in [1.29, 1.82) is 0 Å². The molecule has 0 aromatic heterocycles. The first kappa shape index (κ1) is 40.8. The van der Waals surface area contributed by atoms with E-state index in [2.05, 4.69) is 21.3 Å². The maximum absolute atomic E-state index is 13.6. The van der Waals surface area contributed by atoms with Gasteiger partial charge in [-0.1, -0.05) is 48.5 Å². The van der Waals surface area contributed by atoms with Crippen LogP contribution < -0.4 is 32.7 Å². The minimum Gasteiger partial charge on any atom is -0.480 e. The SMILES string of the molecule is CC(C)(C)OC(=O)NCCCC[C@H](NC(=O)OCC1c2ccccc2-c2ccccc21)C(=O)N[C@@H](CCC(N)=O)C(=O)N[C@@H](CCC(N)=O)C(=O)O. The third-order valence-electron chi connectivity index (χ3n) is 8.15. The Morgan fingerprint density at radius 3 is 1.73 bits per heavy atom. The molecule has 0 bridgehead atoms. The molecule has 0 saturated carbocycles. The molecule has 0 fully saturated rings. The zero-order valence-electron chi connectivity index (χ0n) is 29.6. The van der Waals surface area contributed by atoms with Crippen LogP contribution in [0.4, 0.5) is 9.59 Å². The van der Waals surface area contributed by atoms with Gasteiger partial charge in [0, 0.05) is 25.3 Å². The second-order valence-corrected chi connectivity index (χ2v) is 13.4. The van der Waals surface area contributed by atoms with Crippen molar-refractivity contribution in [2.75, 3.05) is 13.2 Å². The molecule has 52 heavy (non-hydrogen) atoms. The standard InChI is InChI=1S/C36H48N6O10/c1-36(2,3)52-34(49)39-19-9-8-14-26(31(45)40-27(15-17-29(37)43)32(46)41-28(33(47)48)16-18-30(38)44)42-35(50)51-20-25-23-12-6-4-10-21(23)22-11-5-7-13-24(22)25/h4-7,10-13,25-28H,8-9,14-20H2,1-3H3,(H2,37,43)(H2,38,44)(H,39,49)(H,40,45)(H,41,46)(H,42,50)(H,47,48)/t26-,27-,28-/m0/s1. The molecule has 2 aromatic rings. The van der Waals surface area contributed by atoms with Crippen molar-refractivity contribution in [3.05, 3.63) is 59.7 Å². The first-order valence-electron chi connectivity index (χ1n) is 17.0. The average molecular weight is 725 g/mol.